The first-order chi connectivity index (χ1) is 35.9. The summed E-state index contributed by atoms with van der Waals surface area (Å²) in [6, 6.07) is 21.0. The van der Waals surface area contributed by atoms with Crippen molar-refractivity contribution < 1.29 is 38.5 Å². The second-order valence-corrected chi connectivity index (χ2v) is 21.5. The number of carbonyl (C=O) groups excluding carboxylic acids is 4. The van der Waals surface area contributed by atoms with Gasteiger partial charge in [0.15, 0.2) is 5.82 Å². The number of ether oxygens (including phenoxy) is 3. The number of aromatic nitrogens is 3. The van der Waals surface area contributed by atoms with Crippen LogP contribution in [0.4, 0.5) is 0 Å². The fourth-order valence-electron chi connectivity index (χ4n) is 10.1. The Bertz CT molecular complexity index is 2910. The molecule has 2 aliphatic carbocycles. The third kappa shape index (κ3) is 13.5. The van der Waals surface area contributed by atoms with Crippen LogP contribution in [-0.2, 0) is 41.6 Å². The van der Waals surface area contributed by atoms with E-state index in [0.29, 0.717) is 49.3 Å². The van der Waals surface area contributed by atoms with Gasteiger partial charge in [-0.25, -0.2) is 0 Å². The molecule has 15 nitrogen and oxygen atoms in total. The number of aliphatic hydroxyl groups is 1. The highest BCUT2D eigenvalue weighted by Crippen LogP contribution is 2.42. The molecule has 3 N–H and O–H groups in total. The predicted molar refractivity (Wildman–Crippen MR) is 290 cm³/mol. The molecule has 0 radical (unpaired) electrons. The van der Waals surface area contributed by atoms with Gasteiger partial charge in [0.25, 0.3) is 0 Å². The topological polar surface area (TPSA) is 187 Å². The molecule has 396 valence electrons. The van der Waals surface area contributed by atoms with E-state index in [1.165, 1.54) is 27.2 Å². The van der Waals surface area contributed by atoms with E-state index < -0.39 is 41.5 Å². The molecule has 3 heterocycles. The number of aliphatic hydroxyl groups excluding tert-OH is 1. The molecule has 3 aromatic carbocycles. The number of benzene rings is 3. The van der Waals surface area contributed by atoms with Crippen LogP contribution in [0.15, 0.2) is 112 Å². The first-order valence-corrected chi connectivity index (χ1v) is 26.4. The molecule has 1 saturated heterocycles. The van der Waals surface area contributed by atoms with E-state index in [1.807, 2.05) is 88.4 Å². The summed E-state index contributed by atoms with van der Waals surface area (Å²) in [4.78, 5) is 60.9. The van der Waals surface area contributed by atoms with Crippen molar-refractivity contribution in [3.05, 3.63) is 146 Å². The van der Waals surface area contributed by atoms with Crippen molar-refractivity contribution in [2.24, 2.45) is 10.4 Å². The molecule has 75 heavy (non-hydrogen) atoms. The van der Waals surface area contributed by atoms with Crippen LogP contribution in [0.5, 0.6) is 5.75 Å². The van der Waals surface area contributed by atoms with Crippen LogP contribution in [0.1, 0.15) is 120 Å². The molecule has 16 heteroatoms. The highest BCUT2D eigenvalue weighted by atomic mass is 35.5. The lowest BCUT2D eigenvalue weighted by molar-refractivity contribution is -0.144. The van der Waals surface area contributed by atoms with Gasteiger partial charge in [-0.15, -0.1) is 10.2 Å². The number of likely N-dealkylation sites (tertiary alicyclic amines) is 1. The van der Waals surface area contributed by atoms with Gasteiger partial charge in [0.1, 0.15) is 42.1 Å². The van der Waals surface area contributed by atoms with Crippen LogP contribution in [0.25, 0.3) is 11.3 Å². The second-order valence-electron chi connectivity index (χ2n) is 21.1. The monoisotopic (exact) mass is 1040 g/mol. The highest BCUT2D eigenvalue weighted by Gasteiger charge is 2.44. The Balaban J connectivity index is 0.720. The first-order valence-electron chi connectivity index (χ1n) is 26.0. The van der Waals surface area contributed by atoms with Crippen molar-refractivity contribution in [3.63, 3.8) is 0 Å². The quantitative estimate of drug-likeness (QED) is 0.0644. The van der Waals surface area contributed by atoms with E-state index in [2.05, 4.69) is 70.5 Å². The molecule has 0 bridgehead atoms. The van der Waals surface area contributed by atoms with Crippen LogP contribution in [0, 0.1) is 12.3 Å². The Labute approximate surface area is 445 Å². The number of carbonyl (C=O) groups is 4. The van der Waals surface area contributed by atoms with Gasteiger partial charge in [-0.05, 0) is 104 Å². The molecule has 1 fully saturated rings. The Morgan fingerprint density at radius 1 is 0.853 bits per heavy atom. The van der Waals surface area contributed by atoms with Gasteiger partial charge in [-0.2, -0.15) is 0 Å². The third-order valence-electron chi connectivity index (χ3n) is 14.3. The fraction of sp³-hybridized carbons (Fsp3) is 0.441. The summed E-state index contributed by atoms with van der Waals surface area (Å²) in [5.74, 6) is 0.918. The van der Waals surface area contributed by atoms with Gasteiger partial charge in [0, 0.05) is 86.9 Å². The number of amides is 3. The minimum Gasteiger partial charge on any atom is -0.494 e. The number of rotatable bonds is 22. The number of β-amino-alcohol motifs (C(OH)–C–C–N with tert-alkyl or cyclic N) is 1. The van der Waals surface area contributed by atoms with Crippen LogP contribution in [0.3, 0.4) is 0 Å². The Hall–Kier alpha value is -6.52. The van der Waals surface area contributed by atoms with Gasteiger partial charge in [0.05, 0.1) is 18.4 Å². The molecule has 2 aliphatic heterocycles. The average Bonchev–Trinajstić information content (AvgIpc) is 4.15. The van der Waals surface area contributed by atoms with Gasteiger partial charge >= 0.3 is 0 Å². The molecule has 3 amide bonds. The number of nitrogens with one attached hydrogen (secondary N) is 2. The standard InChI is InChI=1S/C59H70ClN7O8/c1-36-11-8-12-48(36)42-17-13-41(14-18-42)33-61-57(71)51-32-46(69)34-66(51)58(72)55(59(5,6)7)63-52(70)35-74-27-9-25-73-26-10-28-75-47-23-15-40(16-24-47)30-45(68)31-49-56-65-64-39(4)67(56)50-29-37(2)38(3)53(50)54(62-49)43-19-21-44(60)22-20-43/h8,11,13-24,46,49,51,55,69H,9-10,12,25-35H2,1-7H3,(H,61,71)(H,63,70)/t46-,49?,51?,55?/m1/s1. The largest absolute Gasteiger partial charge is 0.494 e. The lowest BCUT2D eigenvalue weighted by Crippen LogP contribution is -2.58. The minimum absolute atomic E-state index is 0.00674. The van der Waals surface area contributed by atoms with E-state index in [4.69, 9.17) is 30.8 Å². The van der Waals surface area contributed by atoms with E-state index in [0.717, 1.165) is 57.9 Å². The third-order valence-corrected chi connectivity index (χ3v) is 14.5. The van der Waals surface area contributed by atoms with Crippen molar-refractivity contribution in [1.29, 1.82) is 0 Å². The summed E-state index contributed by atoms with van der Waals surface area (Å²) in [7, 11) is 0. The second kappa shape index (κ2) is 24.4. The maximum absolute atomic E-state index is 14.0. The maximum atomic E-state index is 14.0. The van der Waals surface area contributed by atoms with Crippen molar-refractivity contribution in [1.82, 2.24) is 30.3 Å². The van der Waals surface area contributed by atoms with Crippen molar-refractivity contribution >= 4 is 52.1 Å². The van der Waals surface area contributed by atoms with Crippen LogP contribution >= 0.6 is 11.6 Å². The number of allylic oxidation sites excluding steroid dienone is 8. The predicted octanol–water partition coefficient (Wildman–Crippen LogP) is 8.67. The number of Topliss-reactive ketones (excluding diaryl/α,β-unsaturated/α-hetero) is 1. The van der Waals surface area contributed by atoms with E-state index >= 15 is 0 Å². The van der Waals surface area contributed by atoms with Crippen molar-refractivity contribution in [2.75, 3.05) is 39.6 Å². The Kier molecular flexibility index (Phi) is 17.8. The smallest absolute Gasteiger partial charge is 0.246 e. The lowest BCUT2D eigenvalue weighted by atomic mass is 9.85. The molecule has 0 spiro atoms. The lowest BCUT2D eigenvalue weighted by Gasteiger charge is -2.35. The zero-order valence-electron chi connectivity index (χ0n) is 44.2. The number of ketones is 1. The van der Waals surface area contributed by atoms with E-state index in [9.17, 15) is 24.3 Å². The fourth-order valence-corrected chi connectivity index (χ4v) is 10.2. The summed E-state index contributed by atoms with van der Waals surface area (Å²) in [5.41, 5.74) is 11.1. The van der Waals surface area contributed by atoms with Crippen LogP contribution < -0.4 is 15.4 Å². The first kappa shape index (κ1) is 54.7. The molecule has 4 atom stereocenters. The number of nitrogens with zero attached hydrogens (tertiary/aromatic N) is 5. The molecule has 0 saturated carbocycles. The summed E-state index contributed by atoms with van der Waals surface area (Å²) < 4.78 is 19.5. The summed E-state index contributed by atoms with van der Waals surface area (Å²) in [6.45, 7) is 15.5. The SMILES string of the molecule is CC1=C(c2ccc(CNC(=O)C3C[C@@H](O)CN3C(=O)C(NC(=O)COCCCOCCCOc3ccc(CC(=O)CC4N=C(c5ccc(Cl)cc5)C5=C(CC(C)=C5C)n5c(C)nnc54)cc3)C(C)(C)C)cc2)CC=C1. The zero-order valence-corrected chi connectivity index (χ0v) is 45.0. The number of hydrogen-bond acceptors (Lipinski definition) is 11. The molecule has 3 unspecified atom stereocenters. The maximum Gasteiger partial charge on any atom is 0.246 e. The Morgan fingerprint density at radius 3 is 2.23 bits per heavy atom. The molecule has 1 aromatic heterocycles. The summed E-state index contributed by atoms with van der Waals surface area (Å²) in [5, 5.41) is 26.0. The number of fused-ring (bicyclic) bond motifs is 2. The molecule has 4 aliphatic rings. The van der Waals surface area contributed by atoms with Crippen LogP contribution in [0.2, 0.25) is 5.02 Å². The van der Waals surface area contributed by atoms with Crippen LogP contribution in [-0.4, -0.2) is 112 Å². The summed E-state index contributed by atoms with van der Waals surface area (Å²) in [6.07, 6.45) is 6.79. The Morgan fingerprint density at radius 2 is 1.53 bits per heavy atom. The van der Waals surface area contributed by atoms with Gasteiger partial charge < -0.3 is 34.9 Å². The number of aryl methyl sites for hydroxylation is 1. The van der Waals surface area contributed by atoms with Crippen molar-refractivity contribution in [3.8, 4) is 5.75 Å². The van der Waals surface area contributed by atoms with E-state index in [1.54, 1.807) is 0 Å². The van der Waals surface area contributed by atoms with Gasteiger partial charge in [0.2, 0.25) is 17.7 Å². The summed E-state index contributed by atoms with van der Waals surface area (Å²) >= 11 is 6.27. The molecule has 4 aromatic rings. The minimum atomic E-state index is -0.953. The normalized spacial score (nSPS) is 18.8. The van der Waals surface area contributed by atoms with Gasteiger partial charge in [-0.1, -0.05) is 98.6 Å². The number of halogens is 1. The average molecular weight is 1040 g/mol. The molecular weight excluding hydrogens is 970 g/mol. The van der Waals surface area contributed by atoms with Gasteiger partial charge in [-0.3, -0.25) is 28.7 Å². The highest BCUT2D eigenvalue weighted by molar-refractivity contribution is 6.31. The van der Waals surface area contributed by atoms with Crippen molar-refractivity contribution in [2.45, 2.75) is 124 Å². The molecule has 8 rings (SSSR count). The number of aliphatic imine (C=N–C) groups is 1. The number of hydrogen-bond donors (Lipinski definition) is 3. The van der Waals surface area contributed by atoms with E-state index in [-0.39, 0.29) is 57.3 Å². The molecular formula is C59H70ClN7O8. The zero-order chi connectivity index (χ0) is 53.4.